The fourth-order valence-electron chi connectivity index (χ4n) is 4.04. The predicted molar refractivity (Wildman–Crippen MR) is 107 cm³/mol. The number of carbonyl (C=O) groups excluding carboxylic acids is 1. The number of hydrogen-bond donors (Lipinski definition) is 0. The van der Waals surface area contributed by atoms with Crippen molar-refractivity contribution < 1.29 is 4.79 Å². The highest BCUT2D eigenvalue weighted by Gasteiger charge is 2.40. The third-order valence-corrected chi connectivity index (χ3v) is 5.24. The molecule has 2 aromatic carbocycles. The highest BCUT2D eigenvalue weighted by molar-refractivity contribution is 6.11. The van der Waals surface area contributed by atoms with Crippen molar-refractivity contribution in [1.29, 1.82) is 0 Å². The van der Waals surface area contributed by atoms with E-state index in [2.05, 4.69) is 36.8 Å². The Kier molecular flexibility index (Phi) is 3.72. The number of fused-ring (bicyclic) bond motifs is 2. The minimum absolute atomic E-state index is 0.00584. The number of aromatic nitrogens is 1. The monoisotopic (exact) mass is 345 g/mol. The van der Waals surface area contributed by atoms with Crippen LogP contribution in [-0.2, 0) is 0 Å². The zero-order valence-corrected chi connectivity index (χ0v) is 15.7. The molecule has 1 amide bonds. The first-order valence-electron chi connectivity index (χ1n) is 8.89. The number of pyridine rings is 1. The molecule has 0 saturated carbocycles. The number of benzene rings is 2. The van der Waals surface area contributed by atoms with Crippen LogP contribution in [0.3, 0.4) is 0 Å². The van der Waals surface area contributed by atoms with Crippen molar-refractivity contribution in [1.82, 2.24) is 4.98 Å². The van der Waals surface area contributed by atoms with E-state index >= 15 is 0 Å². The number of carbonyl (C=O) groups is 1. The van der Waals surface area contributed by atoms with Crippen molar-refractivity contribution in [3.05, 3.63) is 65.9 Å². The minimum atomic E-state index is -0.321. The van der Waals surface area contributed by atoms with Crippen molar-refractivity contribution in [2.45, 2.75) is 26.3 Å². The third-order valence-electron chi connectivity index (χ3n) is 5.24. The third kappa shape index (κ3) is 2.45. The quantitative estimate of drug-likeness (QED) is 0.655. The van der Waals surface area contributed by atoms with E-state index < -0.39 is 0 Å². The molecule has 0 unspecified atom stereocenters. The maximum atomic E-state index is 13.6. The standard InChI is InChI=1S/C22H23N3O/c1-15-16-9-5-6-10-18(16)23-13-17(15)21(26)25-20-12-8-7-11-19(20)24(4)14-22(25,2)3/h5-13H,14H2,1-4H3. The Labute approximate surface area is 154 Å². The van der Waals surface area contributed by atoms with Gasteiger partial charge in [-0.05, 0) is 44.5 Å². The van der Waals surface area contributed by atoms with Gasteiger partial charge in [0, 0.05) is 25.2 Å². The topological polar surface area (TPSA) is 36.4 Å². The Hall–Kier alpha value is -2.88. The molecular weight excluding hydrogens is 322 g/mol. The van der Waals surface area contributed by atoms with E-state index in [1.165, 1.54) is 0 Å². The van der Waals surface area contributed by atoms with E-state index in [4.69, 9.17) is 0 Å². The van der Waals surface area contributed by atoms with Crippen LogP contribution in [0, 0.1) is 6.92 Å². The molecule has 0 N–H and O–H groups in total. The number of rotatable bonds is 1. The maximum Gasteiger partial charge on any atom is 0.260 e. The van der Waals surface area contributed by atoms with Crippen molar-refractivity contribution in [2.75, 3.05) is 23.4 Å². The first kappa shape index (κ1) is 16.6. The molecule has 0 spiro atoms. The van der Waals surface area contributed by atoms with E-state index in [-0.39, 0.29) is 11.4 Å². The summed E-state index contributed by atoms with van der Waals surface area (Å²) < 4.78 is 0. The average molecular weight is 345 g/mol. The molecule has 1 aliphatic rings. The lowest BCUT2D eigenvalue weighted by atomic mass is 9.94. The molecule has 2 heterocycles. The lowest BCUT2D eigenvalue weighted by molar-refractivity contribution is 0.0960. The fourth-order valence-corrected chi connectivity index (χ4v) is 4.04. The Balaban J connectivity index is 1.88. The molecule has 4 heteroatoms. The number of aryl methyl sites for hydroxylation is 1. The van der Waals surface area contributed by atoms with Gasteiger partial charge in [0.1, 0.15) is 0 Å². The summed E-state index contributed by atoms with van der Waals surface area (Å²) in [7, 11) is 2.07. The van der Waals surface area contributed by atoms with Gasteiger partial charge < -0.3 is 4.90 Å². The van der Waals surface area contributed by atoms with Gasteiger partial charge in [-0.2, -0.15) is 0 Å². The van der Waals surface area contributed by atoms with Crippen LogP contribution in [0.2, 0.25) is 0 Å². The Morgan fingerprint density at radius 2 is 1.69 bits per heavy atom. The largest absolute Gasteiger partial charge is 0.371 e. The summed E-state index contributed by atoms with van der Waals surface area (Å²) in [6, 6.07) is 16.0. The summed E-state index contributed by atoms with van der Waals surface area (Å²) in [5, 5.41) is 1.03. The second-order valence-corrected chi connectivity index (χ2v) is 7.61. The van der Waals surface area contributed by atoms with Crippen LogP contribution in [0.25, 0.3) is 10.9 Å². The number of nitrogens with zero attached hydrogens (tertiary/aromatic N) is 3. The number of hydrogen-bond acceptors (Lipinski definition) is 3. The molecule has 132 valence electrons. The van der Waals surface area contributed by atoms with E-state index in [0.717, 1.165) is 34.4 Å². The second-order valence-electron chi connectivity index (χ2n) is 7.61. The highest BCUT2D eigenvalue weighted by atomic mass is 16.2. The zero-order valence-electron chi connectivity index (χ0n) is 15.7. The molecule has 26 heavy (non-hydrogen) atoms. The van der Waals surface area contributed by atoms with Gasteiger partial charge in [-0.1, -0.05) is 30.3 Å². The van der Waals surface area contributed by atoms with Crippen LogP contribution in [0.1, 0.15) is 29.8 Å². The van der Waals surface area contributed by atoms with Crippen molar-refractivity contribution in [3.63, 3.8) is 0 Å². The summed E-state index contributed by atoms with van der Waals surface area (Å²) >= 11 is 0. The molecule has 3 aromatic rings. The van der Waals surface area contributed by atoms with Gasteiger partial charge in [-0.3, -0.25) is 14.7 Å². The Morgan fingerprint density at radius 3 is 2.46 bits per heavy atom. The van der Waals surface area contributed by atoms with Gasteiger partial charge in [-0.15, -0.1) is 0 Å². The van der Waals surface area contributed by atoms with E-state index in [9.17, 15) is 4.79 Å². The van der Waals surface area contributed by atoms with Crippen LogP contribution in [-0.4, -0.2) is 30.0 Å². The molecule has 0 saturated heterocycles. The van der Waals surface area contributed by atoms with Crippen molar-refractivity contribution in [3.8, 4) is 0 Å². The van der Waals surface area contributed by atoms with Gasteiger partial charge in [0.25, 0.3) is 5.91 Å². The number of anilines is 2. The van der Waals surface area contributed by atoms with Crippen LogP contribution in [0.15, 0.2) is 54.7 Å². The van der Waals surface area contributed by atoms with Gasteiger partial charge in [0.05, 0.1) is 28.0 Å². The molecular formula is C22H23N3O. The minimum Gasteiger partial charge on any atom is -0.371 e. The van der Waals surface area contributed by atoms with Crippen molar-refractivity contribution in [2.24, 2.45) is 0 Å². The average Bonchev–Trinajstić information content (AvgIpc) is 2.61. The maximum absolute atomic E-state index is 13.6. The fraction of sp³-hybridized carbons (Fsp3) is 0.273. The zero-order chi connectivity index (χ0) is 18.5. The van der Waals surface area contributed by atoms with Crippen molar-refractivity contribution >= 4 is 28.2 Å². The molecule has 0 fully saturated rings. The molecule has 1 aromatic heterocycles. The van der Waals surface area contributed by atoms with Gasteiger partial charge in [-0.25, -0.2) is 0 Å². The molecule has 0 aliphatic carbocycles. The van der Waals surface area contributed by atoms with Crippen LogP contribution in [0.4, 0.5) is 11.4 Å². The predicted octanol–water partition coefficient (Wildman–Crippen LogP) is 4.42. The molecule has 0 radical (unpaired) electrons. The summed E-state index contributed by atoms with van der Waals surface area (Å²) in [5.74, 6) is 0.00584. The molecule has 4 rings (SSSR count). The van der Waals surface area contributed by atoms with E-state index in [1.54, 1.807) is 6.20 Å². The lowest BCUT2D eigenvalue weighted by Crippen LogP contribution is -2.57. The smallest absolute Gasteiger partial charge is 0.260 e. The number of amides is 1. The van der Waals surface area contributed by atoms with Crippen LogP contribution < -0.4 is 9.80 Å². The van der Waals surface area contributed by atoms with E-state index in [1.807, 2.05) is 54.3 Å². The molecule has 0 bridgehead atoms. The summed E-state index contributed by atoms with van der Waals surface area (Å²) in [6.45, 7) is 7.00. The first-order valence-corrected chi connectivity index (χ1v) is 8.89. The summed E-state index contributed by atoms with van der Waals surface area (Å²) in [4.78, 5) is 22.3. The van der Waals surface area contributed by atoms with Crippen LogP contribution in [0.5, 0.6) is 0 Å². The molecule has 1 aliphatic heterocycles. The SMILES string of the molecule is Cc1c(C(=O)N2c3ccccc3N(C)CC2(C)C)cnc2ccccc12. The summed E-state index contributed by atoms with van der Waals surface area (Å²) in [5.41, 5.74) is 4.26. The molecule has 4 nitrogen and oxygen atoms in total. The van der Waals surface area contributed by atoms with Crippen LogP contribution >= 0.6 is 0 Å². The Morgan fingerprint density at radius 1 is 1.04 bits per heavy atom. The number of para-hydroxylation sites is 3. The first-order chi connectivity index (χ1) is 12.4. The molecule has 0 atom stereocenters. The lowest BCUT2D eigenvalue weighted by Gasteiger charge is -2.47. The van der Waals surface area contributed by atoms with Gasteiger partial charge in [0.15, 0.2) is 0 Å². The normalized spacial score (nSPS) is 15.8. The second kappa shape index (κ2) is 5.84. The number of likely N-dealkylation sites (N-methyl/N-ethyl adjacent to an activating group) is 1. The Bertz CT molecular complexity index is 1010. The van der Waals surface area contributed by atoms with Gasteiger partial charge in [0.2, 0.25) is 0 Å². The van der Waals surface area contributed by atoms with E-state index in [0.29, 0.717) is 5.56 Å². The highest BCUT2D eigenvalue weighted by Crippen LogP contribution is 2.40. The van der Waals surface area contributed by atoms with Gasteiger partial charge >= 0.3 is 0 Å². The summed E-state index contributed by atoms with van der Waals surface area (Å²) in [6.07, 6.45) is 1.72.